The second-order valence-corrected chi connectivity index (χ2v) is 7.27. The standard InChI is InChI=1S/C20H18BrNO4/c21-15-3-1-13-7-8-22(16(13)12-15)20(24)6-4-17(23)14-2-5-18-19(11-14)26-10-9-25-18/h1-3,5,11-12H,4,6-10H2. The number of benzene rings is 2. The molecule has 2 aliphatic rings. The van der Waals surface area contributed by atoms with E-state index in [1.165, 1.54) is 5.56 Å². The summed E-state index contributed by atoms with van der Waals surface area (Å²) in [7, 11) is 0. The summed E-state index contributed by atoms with van der Waals surface area (Å²) in [5, 5.41) is 0. The summed E-state index contributed by atoms with van der Waals surface area (Å²) in [5.41, 5.74) is 2.66. The number of carbonyl (C=O) groups excluding carboxylic acids is 2. The molecular weight excluding hydrogens is 398 g/mol. The molecule has 2 heterocycles. The van der Waals surface area contributed by atoms with Gasteiger partial charge in [-0.25, -0.2) is 0 Å². The predicted octanol–water partition coefficient (Wildman–Crippen LogP) is 3.77. The quantitative estimate of drug-likeness (QED) is 0.713. The first kappa shape index (κ1) is 17.1. The lowest BCUT2D eigenvalue weighted by molar-refractivity contribution is -0.118. The zero-order valence-electron chi connectivity index (χ0n) is 14.2. The Morgan fingerprint density at radius 1 is 1.00 bits per heavy atom. The summed E-state index contributed by atoms with van der Waals surface area (Å²) < 4.78 is 11.9. The first-order valence-corrected chi connectivity index (χ1v) is 9.43. The molecule has 0 bridgehead atoms. The molecule has 5 nitrogen and oxygen atoms in total. The van der Waals surface area contributed by atoms with E-state index in [-0.39, 0.29) is 24.5 Å². The van der Waals surface area contributed by atoms with Crippen LogP contribution in [0.25, 0.3) is 0 Å². The van der Waals surface area contributed by atoms with E-state index in [0.29, 0.717) is 36.8 Å². The number of hydrogen-bond donors (Lipinski definition) is 0. The summed E-state index contributed by atoms with van der Waals surface area (Å²) in [4.78, 5) is 26.9. The van der Waals surface area contributed by atoms with E-state index in [1.807, 2.05) is 18.2 Å². The summed E-state index contributed by atoms with van der Waals surface area (Å²) >= 11 is 3.45. The van der Waals surface area contributed by atoms with Gasteiger partial charge >= 0.3 is 0 Å². The first-order chi connectivity index (χ1) is 12.6. The molecule has 0 aliphatic carbocycles. The molecule has 1 amide bonds. The maximum atomic E-state index is 12.6. The number of nitrogens with zero attached hydrogens (tertiary/aromatic N) is 1. The van der Waals surface area contributed by atoms with Gasteiger partial charge < -0.3 is 14.4 Å². The minimum Gasteiger partial charge on any atom is -0.486 e. The van der Waals surface area contributed by atoms with Crippen LogP contribution in [0.15, 0.2) is 40.9 Å². The van der Waals surface area contributed by atoms with Crippen LogP contribution in [-0.4, -0.2) is 31.4 Å². The molecule has 0 spiro atoms. The average molecular weight is 416 g/mol. The van der Waals surface area contributed by atoms with Gasteiger partial charge in [0.25, 0.3) is 0 Å². The predicted molar refractivity (Wildman–Crippen MR) is 101 cm³/mol. The zero-order chi connectivity index (χ0) is 18.1. The fourth-order valence-corrected chi connectivity index (χ4v) is 3.68. The Labute approximate surface area is 160 Å². The Hall–Kier alpha value is -2.34. The van der Waals surface area contributed by atoms with Gasteiger partial charge in [0.15, 0.2) is 17.3 Å². The van der Waals surface area contributed by atoms with Gasteiger partial charge in [-0.05, 0) is 42.3 Å². The molecule has 0 aromatic heterocycles. The molecule has 0 saturated heterocycles. The Bertz CT molecular complexity index is 880. The first-order valence-electron chi connectivity index (χ1n) is 8.63. The number of anilines is 1. The Balaban J connectivity index is 1.41. The van der Waals surface area contributed by atoms with Crippen molar-refractivity contribution in [2.45, 2.75) is 19.3 Å². The molecule has 2 aliphatic heterocycles. The maximum absolute atomic E-state index is 12.6. The second kappa shape index (κ2) is 7.11. The summed E-state index contributed by atoms with van der Waals surface area (Å²) in [6.45, 7) is 1.66. The Kier molecular flexibility index (Phi) is 4.68. The molecule has 6 heteroatoms. The molecular formula is C20H18BrNO4. The monoisotopic (exact) mass is 415 g/mol. The van der Waals surface area contributed by atoms with Crippen LogP contribution in [0, 0.1) is 0 Å². The molecule has 0 fully saturated rings. The van der Waals surface area contributed by atoms with Crippen molar-refractivity contribution in [3.05, 3.63) is 52.0 Å². The molecule has 0 unspecified atom stereocenters. The number of ketones is 1. The normalized spacial score (nSPS) is 14.9. The van der Waals surface area contributed by atoms with Crippen LogP contribution in [0.3, 0.4) is 0 Å². The molecule has 0 N–H and O–H groups in total. The Morgan fingerprint density at radius 3 is 2.65 bits per heavy atom. The number of carbonyl (C=O) groups is 2. The number of amides is 1. The van der Waals surface area contributed by atoms with Crippen molar-refractivity contribution < 1.29 is 19.1 Å². The lowest BCUT2D eigenvalue weighted by Gasteiger charge is -2.19. The van der Waals surface area contributed by atoms with E-state index in [2.05, 4.69) is 15.9 Å². The minimum absolute atomic E-state index is 0.0206. The topological polar surface area (TPSA) is 55.8 Å². The fourth-order valence-electron chi connectivity index (χ4n) is 3.33. The third-order valence-electron chi connectivity index (χ3n) is 4.67. The molecule has 0 atom stereocenters. The van der Waals surface area contributed by atoms with Crippen molar-refractivity contribution >= 4 is 33.3 Å². The van der Waals surface area contributed by atoms with Crippen molar-refractivity contribution in [3.63, 3.8) is 0 Å². The molecule has 2 aromatic carbocycles. The molecule has 2 aromatic rings. The van der Waals surface area contributed by atoms with E-state index >= 15 is 0 Å². The molecule has 26 heavy (non-hydrogen) atoms. The van der Waals surface area contributed by atoms with Gasteiger partial charge in [0, 0.05) is 35.1 Å². The van der Waals surface area contributed by atoms with Crippen LogP contribution in [0.1, 0.15) is 28.8 Å². The zero-order valence-corrected chi connectivity index (χ0v) is 15.8. The molecule has 0 saturated carbocycles. The highest BCUT2D eigenvalue weighted by Gasteiger charge is 2.25. The van der Waals surface area contributed by atoms with Crippen LogP contribution in [-0.2, 0) is 11.2 Å². The number of Topliss-reactive ketones (excluding diaryl/α,β-unsaturated/α-hetero) is 1. The average Bonchev–Trinajstić information content (AvgIpc) is 3.08. The van der Waals surface area contributed by atoms with Crippen molar-refractivity contribution in [1.82, 2.24) is 0 Å². The maximum Gasteiger partial charge on any atom is 0.227 e. The van der Waals surface area contributed by atoms with Crippen LogP contribution < -0.4 is 14.4 Å². The molecule has 134 valence electrons. The third-order valence-corrected chi connectivity index (χ3v) is 5.17. The largest absolute Gasteiger partial charge is 0.486 e. The Morgan fingerprint density at radius 2 is 1.81 bits per heavy atom. The van der Waals surface area contributed by atoms with Crippen LogP contribution in [0.4, 0.5) is 5.69 Å². The van der Waals surface area contributed by atoms with Gasteiger partial charge in [-0.3, -0.25) is 9.59 Å². The van der Waals surface area contributed by atoms with Crippen molar-refractivity contribution in [3.8, 4) is 11.5 Å². The number of rotatable bonds is 4. The van der Waals surface area contributed by atoms with Crippen LogP contribution in [0.5, 0.6) is 11.5 Å². The lowest BCUT2D eigenvalue weighted by Crippen LogP contribution is -2.29. The van der Waals surface area contributed by atoms with Gasteiger partial charge in [0.2, 0.25) is 5.91 Å². The van der Waals surface area contributed by atoms with E-state index in [9.17, 15) is 9.59 Å². The number of halogens is 1. The number of fused-ring (bicyclic) bond motifs is 2. The van der Waals surface area contributed by atoms with E-state index in [4.69, 9.17) is 9.47 Å². The van der Waals surface area contributed by atoms with Gasteiger partial charge in [-0.1, -0.05) is 22.0 Å². The lowest BCUT2D eigenvalue weighted by atomic mass is 10.1. The second-order valence-electron chi connectivity index (χ2n) is 6.35. The van der Waals surface area contributed by atoms with Gasteiger partial charge in [0.1, 0.15) is 13.2 Å². The van der Waals surface area contributed by atoms with Crippen molar-refractivity contribution in [2.75, 3.05) is 24.7 Å². The molecule has 0 radical (unpaired) electrons. The van der Waals surface area contributed by atoms with E-state index < -0.39 is 0 Å². The SMILES string of the molecule is O=C(CCC(=O)N1CCc2ccc(Br)cc21)c1ccc2c(c1)OCCO2. The van der Waals surface area contributed by atoms with Gasteiger partial charge in [-0.2, -0.15) is 0 Å². The number of ether oxygens (including phenoxy) is 2. The molecule has 4 rings (SSSR count). The highest BCUT2D eigenvalue weighted by molar-refractivity contribution is 9.10. The van der Waals surface area contributed by atoms with Crippen LogP contribution in [0.2, 0.25) is 0 Å². The number of hydrogen-bond acceptors (Lipinski definition) is 4. The van der Waals surface area contributed by atoms with E-state index in [1.54, 1.807) is 23.1 Å². The van der Waals surface area contributed by atoms with Gasteiger partial charge in [-0.15, -0.1) is 0 Å². The van der Waals surface area contributed by atoms with Crippen LogP contribution >= 0.6 is 15.9 Å². The minimum atomic E-state index is -0.0658. The van der Waals surface area contributed by atoms with Gasteiger partial charge in [0.05, 0.1) is 0 Å². The highest BCUT2D eigenvalue weighted by Crippen LogP contribution is 2.33. The summed E-state index contributed by atoms with van der Waals surface area (Å²) in [5.74, 6) is 1.16. The smallest absolute Gasteiger partial charge is 0.227 e. The summed E-state index contributed by atoms with van der Waals surface area (Å²) in [6.07, 6.45) is 1.22. The van der Waals surface area contributed by atoms with Crippen molar-refractivity contribution in [2.24, 2.45) is 0 Å². The summed E-state index contributed by atoms with van der Waals surface area (Å²) in [6, 6.07) is 11.2. The van der Waals surface area contributed by atoms with E-state index in [0.717, 1.165) is 16.6 Å². The van der Waals surface area contributed by atoms with Crippen molar-refractivity contribution in [1.29, 1.82) is 0 Å². The third kappa shape index (κ3) is 3.33. The fraction of sp³-hybridized carbons (Fsp3) is 0.300. The highest BCUT2D eigenvalue weighted by atomic mass is 79.9.